The van der Waals surface area contributed by atoms with Gasteiger partial charge >= 0.3 is 0 Å². The fraction of sp³-hybridized carbons (Fsp3) is 0.700. The number of nitrogens with zero attached hydrogens (tertiary/aromatic N) is 1. The van der Waals surface area contributed by atoms with Crippen molar-refractivity contribution in [2.75, 3.05) is 6.54 Å². The normalized spacial score (nSPS) is 18.5. The predicted molar refractivity (Wildman–Crippen MR) is 49.8 cm³/mol. The molecule has 0 saturated carbocycles. The molecule has 0 unspecified atom stereocenters. The Morgan fingerprint density at radius 3 is 2.67 bits per heavy atom. The summed E-state index contributed by atoms with van der Waals surface area (Å²) in [6, 6.07) is 0.340. The van der Waals surface area contributed by atoms with Gasteiger partial charge in [0.1, 0.15) is 0 Å². The van der Waals surface area contributed by atoms with Crippen LogP contribution in [0.25, 0.3) is 0 Å². The van der Waals surface area contributed by atoms with E-state index in [9.17, 15) is 4.79 Å². The minimum absolute atomic E-state index is 0.188. The van der Waals surface area contributed by atoms with Crippen LogP contribution in [0.4, 0.5) is 0 Å². The number of carbonyl (C=O) groups excluding carboxylic acids is 1. The summed E-state index contributed by atoms with van der Waals surface area (Å²) in [4.78, 5) is 13.4. The lowest BCUT2D eigenvalue weighted by molar-refractivity contribution is -0.128. The molecule has 1 aliphatic heterocycles. The summed E-state index contributed by atoms with van der Waals surface area (Å²) < 4.78 is 0. The zero-order valence-corrected chi connectivity index (χ0v) is 8.13. The fourth-order valence-electron chi connectivity index (χ4n) is 1.50. The molecule has 0 aromatic heterocycles. The zero-order valence-electron chi connectivity index (χ0n) is 8.13. The number of hydrogen-bond donors (Lipinski definition) is 0. The summed E-state index contributed by atoms with van der Waals surface area (Å²) in [5, 5.41) is 0. The van der Waals surface area contributed by atoms with Crippen LogP contribution in [-0.4, -0.2) is 23.4 Å². The number of rotatable bonds is 2. The van der Waals surface area contributed by atoms with Crippen molar-refractivity contribution in [1.29, 1.82) is 0 Å². The maximum atomic E-state index is 11.5. The first-order valence-corrected chi connectivity index (χ1v) is 4.65. The highest BCUT2D eigenvalue weighted by molar-refractivity contribution is 5.89. The molecule has 0 saturated heterocycles. The summed E-state index contributed by atoms with van der Waals surface area (Å²) in [6.07, 6.45) is 3.86. The standard InChI is InChI=1S/C10H17NO/c1-4-9-5-6-11(8(2)3)10(12)7-9/h7-8H,4-6H2,1-3H3. The Labute approximate surface area is 74.2 Å². The Morgan fingerprint density at radius 1 is 1.58 bits per heavy atom. The van der Waals surface area contributed by atoms with Crippen LogP contribution in [0.15, 0.2) is 11.6 Å². The molecule has 0 atom stereocenters. The summed E-state index contributed by atoms with van der Waals surface area (Å²) in [6.45, 7) is 7.12. The maximum absolute atomic E-state index is 11.5. The van der Waals surface area contributed by atoms with Crippen LogP contribution >= 0.6 is 0 Å². The van der Waals surface area contributed by atoms with Gasteiger partial charge in [-0.2, -0.15) is 0 Å². The Kier molecular flexibility index (Phi) is 2.90. The van der Waals surface area contributed by atoms with Crippen LogP contribution in [0.2, 0.25) is 0 Å². The molecule has 0 fully saturated rings. The van der Waals surface area contributed by atoms with Gasteiger partial charge in [-0.1, -0.05) is 12.5 Å². The topological polar surface area (TPSA) is 20.3 Å². The molecule has 1 rings (SSSR count). The lowest BCUT2D eigenvalue weighted by Crippen LogP contribution is -2.39. The second-order valence-corrected chi connectivity index (χ2v) is 3.53. The molecule has 0 radical (unpaired) electrons. The molecule has 2 nitrogen and oxygen atoms in total. The van der Waals surface area contributed by atoms with E-state index in [1.807, 2.05) is 4.90 Å². The molecule has 68 valence electrons. The van der Waals surface area contributed by atoms with Crippen LogP contribution in [0.5, 0.6) is 0 Å². The van der Waals surface area contributed by atoms with Gasteiger partial charge in [-0.05, 0) is 26.7 Å². The van der Waals surface area contributed by atoms with E-state index in [-0.39, 0.29) is 5.91 Å². The molecule has 0 bridgehead atoms. The Morgan fingerprint density at radius 2 is 2.25 bits per heavy atom. The molecule has 1 amide bonds. The molecule has 12 heavy (non-hydrogen) atoms. The lowest BCUT2D eigenvalue weighted by atomic mass is 10.0. The van der Waals surface area contributed by atoms with Crippen LogP contribution in [0.1, 0.15) is 33.6 Å². The first kappa shape index (κ1) is 9.30. The van der Waals surface area contributed by atoms with Crippen molar-refractivity contribution >= 4 is 5.91 Å². The second-order valence-electron chi connectivity index (χ2n) is 3.53. The minimum Gasteiger partial charge on any atom is -0.336 e. The van der Waals surface area contributed by atoms with Crippen LogP contribution in [-0.2, 0) is 4.79 Å². The van der Waals surface area contributed by atoms with Gasteiger partial charge in [0.2, 0.25) is 5.91 Å². The summed E-state index contributed by atoms with van der Waals surface area (Å²) >= 11 is 0. The predicted octanol–water partition coefficient (Wildman–Crippen LogP) is 1.96. The molecular weight excluding hydrogens is 150 g/mol. The molecule has 2 heteroatoms. The Balaban J connectivity index is 2.67. The lowest BCUT2D eigenvalue weighted by Gasteiger charge is -2.29. The largest absolute Gasteiger partial charge is 0.336 e. The summed E-state index contributed by atoms with van der Waals surface area (Å²) in [5.74, 6) is 0.188. The first-order chi connectivity index (χ1) is 5.65. The molecule has 0 N–H and O–H groups in total. The smallest absolute Gasteiger partial charge is 0.246 e. The van der Waals surface area contributed by atoms with Crippen molar-refractivity contribution in [2.45, 2.75) is 39.7 Å². The average molecular weight is 167 g/mol. The van der Waals surface area contributed by atoms with E-state index in [0.29, 0.717) is 6.04 Å². The zero-order chi connectivity index (χ0) is 9.14. The van der Waals surface area contributed by atoms with Crippen LogP contribution in [0, 0.1) is 0 Å². The van der Waals surface area contributed by atoms with E-state index in [2.05, 4.69) is 20.8 Å². The third-order valence-electron chi connectivity index (χ3n) is 2.36. The van der Waals surface area contributed by atoms with E-state index >= 15 is 0 Å². The van der Waals surface area contributed by atoms with Crippen molar-refractivity contribution in [3.05, 3.63) is 11.6 Å². The maximum Gasteiger partial charge on any atom is 0.246 e. The van der Waals surface area contributed by atoms with Crippen molar-refractivity contribution < 1.29 is 4.79 Å². The molecule has 0 aromatic carbocycles. The van der Waals surface area contributed by atoms with Crippen molar-refractivity contribution in [3.63, 3.8) is 0 Å². The monoisotopic (exact) mass is 167 g/mol. The van der Waals surface area contributed by atoms with Crippen molar-refractivity contribution in [3.8, 4) is 0 Å². The van der Waals surface area contributed by atoms with Gasteiger partial charge in [-0.25, -0.2) is 0 Å². The fourth-order valence-corrected chi connectivity index (χ4v) is 1.50. The number of hydrogen-bond acceptors (Lipinski definition) is 1. The number of amides is 1. The van der Waals surface area contributed by atoms with Crippen LogP contribution < -0.4 is 0 Å². The molecule has 0 aromatic rings. The molecule has 0 aliphatic carbocycles. The van der Waals surface area contributed by atoms with E-state index in [1.165, 1.54) is 5.57 Å². The van der Waals surface area contributed by atoms with Crippen LogP contribution in [0.3, 0.4) is 0 Å². The Bertz CT molecular complexity index is 206. The van der Waals surface area contributed by atoms with Gasteiger partial charge in [-0.15, -0.1) is 0 Å². The highest BCUT2D eigenvalue weighted by Crippen LogP contribution is 2.16. The van der Waals surface area contributed by atoms with E-state index in [4.69, 9.17) is 0 Å². The number of carbonyl (C=O) groups is 1. The van der Waals surface area contributed by atoms with Gasteiger partial charge < -0.3 is 4.90 Å². The summed E-state index contributed by atoms with van der Waals surface area (Å²) in [7, 11) is 0. The molecule has 0 spiro atoms. The van der Waals surface area contributed by atoms with Gasteiger partial charge in [0.15, 0.2) is 0 Å². The van der Waals surface area contributed by atoms with Gasteiger partial charge in [0.05, 0.1) is 0 Å². The van der Waals surface area contributed by atoms with E-state index in [0.717, 1.165) is 19.4 Å². The molecule has 1 aliphatic rings. The van der Waals surface area contributed by atoms with E-state index < -0.39 is 0 Å². The van der Waals surface area contributed by atoms with Gasteiger partial charge in [0.25, 0.3) is 0 Å². The average Bonchev–Trinajstić information content (AvgIpc) is 2.03. The Hall–Kier alpha value is -0.790. The SMILES string of the molecule is CCC1=CC(=O)N(C(C)C)CC1. The summed E-state index contributed by atoms with van der Waals surface area (Å²) in [5.41, 5.74) is 1.29. The highest BCUT2D eigenvalue weighted by atomic mass is 16.2. The third-order valence-corrected chi connectivity index (χ3v) is 2.36. The highest BCUT2D eigenvalue weighted by Gasteiger charge is 2.19. The molecule has 1 heterocycles. The minimum atomic E-state index is 0.188. The first-order valence-electron chi connectivity index (χ1n) is 4.65. The van der Waals surface area contributed by atoms with Crippen molar-refractivity contribution in [1.82, 2.24) is 4.90 Å². The third kappa shape index (κ3) is 1.87. The van der Waals surface area contributed by atoms with Gasteiger partial charge in [0, 0.05) is 18.7 Å². The van der Waals surface area contributed by atoms with Gasteiger partial charge in [-0.3, -0.25) is 4.79 Å². The quantitative estimate of drug-likeness (QED) is 0.615. The van der Waals surface area contributed by atoms with E-state index in [1.54, 1.807) is 6.08 Å². The van der Waals surface area contributed by atoms with Crippen molar-refractivity contribution in [2.24, 2.45) is 0 Å². The second kappa shape index (κ2) is 3.74. The molecular formula is C10H17NO.